The zero-order valence-electron chi connectivity index (χ0n) is 10.8. The number of benzene rings is 1. The molecule has 1 aliphatic rings. The second-order valence-corrected chi connectivity index (χ2v) is 6.13. The minimum absolute atomic E-state index is 0.0982. The largest absolute Gasteiger partial charge is 0.488 e. The average Bonchev–Trinajstić information content (AvgIpc) is 2.06. The molecule has 1 aliphatic heterocycles. The van der Waals surface area contributed by atoms with Crippen molar-refractivity contribution in [1.29, 1.82) is 0 Å². The van der Waals surface area contributed by atoms with Gasteiger partial charge in [0, 0.05) is 11.3 Å². The van der Waals surface area contributed by atoms with Gasteiger partial charge in [-0.3, -0.25) is 0 Å². The fourth-order valence-corrected chi connectivity index (χ4v) is 2.80. The third kappa shape index (κ3) is 1.77. The van der Waals surface area contributed by atoms with Gasteiger partial charge in [0.15, 0.2) is 0 Å². The summed E-state index contributed by atoms with van der Waals surface area (Å²) in [5, 5.41) is 0. The molecule has 1 aromatic carbocycles. The lowest BCUT2D eigenvalue weighted by Gasteiger charge is -2.42. The number of fused-ring (bicyclic) bond motifs is 1. The summed E-state index contributed by atoms with van der Waals surface area (Å²) < 4.78 is 6.04. The van der Waals surface area contributed by atoms with Crippen LogP contribution in [0, 0.1) is 6.92 Å². The first-order chi connectivity index (χ1) is 7.21. The van der Waals surface area contributed by atoms with E-state index in [4.69, 9.17) is 10.5 Å². The lowest BCUT2D eigenvalue weighted by molar-refractivity contribution is 0.0534. The first-order valence-electron chi connectivity index (χ1n) is 5.81. The molecular formula is C14H21NO. The van der Waals surface area contributed by atoms with E-state index in [1.165, 1.54) is 5.56 Å². The maximum absolute atomic E-state index is 6.04. The minimum atomic E-state index is -0.0982. The third-order valence-corrected chi connectivity index (χ3v) is 3.35. The van der Waals surface area contributed by atoms with Crippen molar-refractivity contribution in [1.82, 2.24) is 0 Å². The fraction of sp³-hybridized carbons (Fsp3) is 0.571. The number of hydrogen-bond donors (Lipinski definition) is 1. The SMILES string of the molecule is Cc1cc2c(cc1N)C(C)(C)CC(C)(C)O2. The molecule has 0 radical (unpaired) electrons. The monoisotopic (exact) mass is 219 g/mol. The van der Waals surface area contributed by atoms with Crippen LogP contribution < -0.4 is 10.5 Å². The van der Waals surface area contributed by atoms with Gasteiger partial charge in [0.25, 0.3) is 0 Å². The molecule has 0 unspecified atom stereocenters. The number of ether oxygens (including phenoxy) is 1. The van der Waals surface area contributed by atoms with E-state index in [0.717, 1.165) is 23.4 Å². The summed E-state index contributed by atoms with van der Waals surface area (Å²) in [7, 11) is 0. The second kappa shape index (κ2) is 3.16. The topological polar surface area (TPSA) is 35.2 Å². The molecule has 88 valence electrons. The lowest BCUT2D eigenvalue weighted by Crippen LogP contribution is -2.41. The molecule has 0 atom stereocenters. The molecule has 2 nitrogen and oxygen atoms in total. The summed E-state index contributed by atoms with van der Waals surface area (Å²) in [6, 6.07) is 4.13. The van der Waals surface area contributed by atoms with E-state index in [2.05, 4.69) is 39.8 Å². The molecule has 2 N–H and O–H groups in total. The van der Waals surface area contributed by atoms with E-state index in [1.807, 2.05) is 6.92 Å². The Labute approximate surface area is 97.8 Å². The van der Waals surface area contributed by atoms with Crippen LogP contribution >= 0.6 is 0 Å². The van der Waals surface area contributed by atoms with Gasteiger partial charge in [0.1, 0.15) is 11.4 Å². The maximum Gasteiger partial charge on any atom is 0.124 e. The molecule has 0 saturated carbocycles. The lowest BCUT2D eigenvalue weighted by atomic mass is 9.73. The molecule has 1 aromatic rings. The van der Waals surface area contributed by atoms with Crippen molar-refractivity contribution in [3.63, 3.8) is 0 Å². The van der Waals surface area contributed by atoms with E-state index >= 15 is 0 Å². The van der Waals surface area contributed by atoms with Crippen LogP contribution in [0.1, 0.15) is 45.2 Å². The zero-order chi connectivity index (χ0) is 12.1. The Hall–Kier alpha value is -1.18. The summed E-state index contributed by atoms with van der Waals surface area (Å²) >= 11 is 0. The molecular weight excluding hydrogens is 198 g/mol. The Morgan fingerprint density at radius 3 is 2.44 bits per heavy atom. The summed E-state index contributed by atoms with van der Waals surface area (Å²) in [6.45, 7) is 10.8. The van der Waals surface area contributed by atoms with Gasteiger partial charge in [0.05, 0.1) is 0 Å². The Morgan fingerprint density at radius 2 is 1.81 bits per heavy atom. The average molecular weight is 219 g/mol. The first-order valence-corrected chi connectivity index (χ1v) is 5.81. The molecule has 16 heavy (non-hydrogen) atoms. The van der Waals surface area contributed by atoms with Crippen molar-refractivity contribution in [2.75, 3.05) is 5.73 Å². The smallest absolute Gasteiger partial charge is 0.124 e. The highest BCUT2D eigenvalue weighted by Gasteiger charge is 2.39. The van der Waals surface area contributed by atoms with E-state index in [9.17, 15) is 0 Å². The second-order valence-electron chi connectivity index (χ2n) is 6.13. The first kappa shape index (κ1) is 11.3. The van der Waals surface area contributed by atoms with Gasteiger partial charge >= 0.3 is 0 Å². The zero-order valence-corrected chi connectivity index (χ0v) is 10.8. The minimum Gasteiger partial charge on any atom is -0.488 e. The molecule has 0 aliphatic carbocycles. The van der Waals surface area contributed by atoms with Gasteiger partial charge in [0.2, 0.25) is 0 Å². The summed E-state index contributed by atoms with van der Waals surface area (Å²) in [5.74, 6) is 0.993. The molecule has 0 aromatic heterocycles. The van der Waals surface area contributed by atoms with Gasteiger partial charge in [-0.1, -0.05) is 13.8 Å². The van der Waals surface area contributed by atoms with Crippen LogP contribution in [0.3, 0.4) is 0 Å². The van der Waals surface area contributed by atoms with Crippen LogP contribution in [0.15, 0.2) is 12.1 Å². The van der Waals surface area contributed by atoms with Gasteiger partial charge in [-0.15, -0.1) is 0 Å². The predicted octanol–water partition coefficient (Wildman–Crippen LogP) is 3.42. The highest BCUT2D eigenvalue weighted by atomic mass is 16.5. The quantitative estimate of drug-likeness (QED) is 0.679. The molecule has 0 fully saturated rings. The van der Waals surface area contributed by atoms with E-state index in [1.54, 1.807) is 0 Å². The molecule has 0 bridgehead atoms. The number of aryl methyl sites for hydroxylation is 1. The van der Waals surface area contributed by atoms with E-state index < -0.39 is 0 Å². The number of anilines is 1. The number of hydrogen-bond acceptors (Lipinski definition) is 2. The molecule has 0 spiro atoms. The van der Waals surface area contributed by atoms with Crippen LogP contribution in [-0.4, -0.2) is 5.60 Å². The molecule has 2 rings (SSSR count). The van der Waals surface area contributed by atoms with E-state index in [-0.39, 0.29) is 11.0 Å². The Bertz CT molecular complexity index is 433. The standard InChI is InChI=1S/C14H21NO/c1-9-6-12-10(7-11(9)15)13(2,3)8-14(4,5)16-12/h6-7H,8,15H2,1-5H3. The van der Waals surface area contributed by atoms with Gasteiger partial charge in [-0.25, -0.2) is 0 Å². The highest BCUT2D eigenvalue weighted by Crippen LogP contribution is 2.45. The number of nitrogen functional groups attached to an aromatic ring is 1. The van der Waals surface area contributed by atoms with Crippen molar-refractivity contribution in [3.8, 4) is 5.75 Å². The highest BCUT2D eigenvalue weighted by molar-refractivity contribution is 5.57. The Morgan fingerprint density at radius 1 is 1.19 bits per heavy atom. The third-order valence-electron chi connectivity index (χ3n) is 3.35. The van der Waals surface area contributed by atoms with Crippen molar-refractivity contribution in [2.24, 2.45) is 0 Å². The predicted molar refractivity (Wildman–Crippen MR) is 67.9 cm³/mol. The van der Waals surface area contributed by atoms with Gasteiger partial charge < -0.3 is 10.5 Å². The Kier molecular flexibility index (Phi) is 2.23. The van der Waals surface area contributed by atoms with Crippen molar-refractivity contribution in [2.45, 2.75) is 52.1 Å². The fourth-order valence-electron chi connectivity index (χ4n) is 2.80. The Balaban J connectivity index is 2.60. The molecule has 0 amide bonds. The number of rotatable bonds is 0. The molecule has 2 heteroatoms. The van der Waals surface area contributed by atoms with Crippen LogP contribution in [-0.2, 0) is 5.41 Å². The summed E-state index contributed by atoms with van der Waals surface area (Å²) in [6.07, 6.45) is 1.01. The van der Waals surface area contributed by atoms with Crippen molar-refractivity contribution >= 4 is 5.69 Å². The van der Waals surface area contributed by atoms with Crippen LogP contribution in [0.4, 0.5) is 5.69 Å². The van der Waals surface area contributed by atoms with Crippen molar-refractivity contribution in [3.05, 3.63) is 23.3 Å². The van der Waals surface area contributed by atoms with Crippen LogP contribution in [0.25, 0.3) is 0 Å². The number of nitrogens with two attached hydrogens (primary N) is 1. The van der Waals surface area contributed by atoms with Crippen molar-refractivity contribution < 1.29 is 4.74 Å². The molecule has 0 saturated heterocycles. The summed E-state index contributed by atoms with van der Waals surface area (Å²) in [5.41, 5.74) is 9.18. The summed E-state index contributed by atoms with van der Waals surface area (Å²) in [4.78, 5) is 0. The maximum atomic E-state index is 6.04. The van der Waals surface area contributed by atoms with Gasteiger partial charge in [-0.05, 0) is 50.3 Å². The normalized spacial score (nSPS) is 21.1. The van der Waals surface area contributed by atoms with Crippen LogP contribution in [0.2, 0.25) is 0 Å². The van der Waals surface area contributed by atoms with Crippen LogP contribution in [0.5, 0.6) is 5.75 Å². The molecule has 1 heterocycles. The van der Waals surface area contributed by atoms with Gasteiger partial charge in [-0.2, -0.15) is 0 Å². The van der Waals surface area contributed by atoms with E-state index in [0.29, 0.717) is 0 Å².